The molecule has 4 rings (SSSR count). The number of rotatable bonds is 35. The van der Waals surface area contributed by atoms with Crippen molar-refractivity contribution in [1.29, 1.82) is 0 Å². The number of aliphatic hydroxyl groups is 3. The van der Waals surface area contributed by atoms with Gasteiger partial charge in [-0.2, -0.15) is 38.5 Å². The minimum atomic E-state index is -0.0971. The summed E-state index contributed by atoms with van der Waals surface area (Å²) in [6.45, 7) is 15.5. The van der Waals surface area contributed by atoms with E-state index in [1.54, 1.807) is 6.20 Å². The number of hydrogen-bond acceptors (Lipinski definition) is 17. The van der Waals surface area contributed by atoms with Crippen molar-refractivity contribution in [3.8, 4) is 23.1 Å². The Kier molecular flexibility index (Phi) is 53.1. The van der Waals surface area contributed by atoms with E-state index in [4.69, 9.17) is 35.3 Å². The van der Waals surface area contributed by atoms with Crippen LogP contribution in [0.3, 0.4) is 0 Å². The third kappa shape index (κ3) is 45.4. The fourth-order valence-corrected chi connectivity index (χ4v) is 7.82. The van der Waals surface area contributed by atoms with Crippen molar-refractivity contribution < 1.29 is 29.5 Å². The Hall–Kier alpha value is -3.26. The predicted molar refractivity (Wildman–Crippen MR) is 314 cm³/mol. The highest BCUT2D eigenvalue weighted by Crippen LogP contribution is 2.24. The minimum absolute atomic E-state index is 0. The van der Waals surface area contributed by atoms with E-state index in [0.717, 1.165) is 47.0 Å². The molecule has 2 heterocycles. The summed E-state index contributed by atoms with van der Waals surface area (Å²) in [6.07, 6.45) is 23.1. The van der Waals surface area contributed by atoms with Crippen molar-refractivity contribution in [1.82, 2.24) is 25.3 Å². The number of nitrogens with zero attached hydrogens (tertiary/aromatic N) is 4. The number of ether oxygens (including phenoxy) is 3. The molecule has 0 radical (unpaired) electrons. The third-order valence-corrected chi connectivity index (χ3v) is 12.2. The van der Waals surface area contributed by atoms with Crippen LogP contribution in [0, 0.1) is 0 Å². The molecule has 1 atom stereocenters. The Labute approximate surface area is 454 Å². The highest BCUT2D eigenvalue weighted by Gasteiger charge is 2.08. The number of para-hydroxylation sites is 1. The van der Waals surface area contributed by atoms with Gasteiger partial charge in [0.15, 0.2) is 5.16 Å². The van der Waals surface area contributed by atoms with Crippen LogP contribution >= 0.6 is 47.7 Å². The molecule has 0 aliphatic heterocycles. The molecular weight excluding hydrogens is 988 g/mol. The number of nitrogens with two attached hydrogens (primary N) is 1. The molecule has 4 aromatic rings. The van der Waals surface area contributed by atoms with Gasteiger partial charge in [0.25, 0.3) is 0 Å². The van der Waals surface area contributed by atoms with Gasteiger partial charge >= 0.3 is 0 Å². The number of nitrogens with one attached hydrogen (secondary N) is 3. The first kappa shape index (κ1) is 70.8. The molecule has 18 heteroatoms. The molecule has 0 bridgehead atoms. The van der Waals surface area contributed by atoms with E-state index in [-0.39, 0.29) is 31.8 Å². The normalized spacial score (nSPS) is 10.6. The minimum Gasteiger partial charge on any atom is -0.490 e. The van der Waals surface area contributed by atoms with E-state index in [1.165, 1.54) is 113 Å². The first-order valence-corrected chi connectivity index (χ1v) is 29.5. The van der Waals surface area contributed by atoms with Crippen LogP contribution in [0.4, 0.5) is 11.9 Å². The second kappa shape index (κ2) is 54.0. The van der Waals surface area contributed by atoms with Crippen molar-refractivity contribution in [2.24, 2.45) is 5.73 Å². The smallest absolute Gasteiger partial charge is 0.228 e. The Morgan fingerprint density at radius 3 is 1.68 bits per heavy atom. The highest BCUT2D eigenvalue weighted by molar-refractivity contribution is 7.99. The van der Waals surface area contributed by atoms with E-state index in [2.05, 4.69) is 63.6 Å². The summed E-state index contributed by atoms with van der Waals surface area (Å²) < 4.78 is 17.2. The zero-order chi connectivity index (χ0) is 52.3. The molecule has 8 N–H and O–H groups in total. The van der Waals surface area contributed by atoms with Crippen molar-refractivity contribution in [3.05, 3.63) is 79.0 Å². The lowest BCUT2D eigenvalue weighted by atomic mass is 10.1. The third-order valence-electron chi connectivity index (χ3n) is 9.48. The van der Waals surface area contributed by atoms with E-state index in [0.29, 0.717) is 43.6 Å². The average molecular weight is 1080 g/mol. The molecule has 72 heavy (non-hydrogen) atoms. The molecule has 0 aliphatic carbocycles. The quantitative estimate of drug-likeness (QED) is 0.0130. The maximum atomic E-state index is 8.52. The number of halogens is 1. The van der Waals surface area contributed by atoms with Crippen LogP contribution in [0.25, 0.3) is 0 Å². The lowest BCUT2D eigenvalue weighted by Gasteiger charge is -2.15. The van der Waals surface area contributed by atoms with Crippen LogP contribution in [0.15, 0.2) is 84.1 Å². The molecule has 0 saturated heterocycles. The SMILES string of the molecule is CC(COc1ccc(Oc2ccccc2)cc1)Oc1ccccn1.CCCCCCCCCCSCCN.CCCCCCCCSCCO.CCNc1nc(NC(C)C)nc(SC)n1.Cl.OCCNCO. The number of aliphatic hydroxyl groups excluding tert-OH is 3. The van der Waals surface area contributed by atoms with E-state index >= 15 is 0 Å². The van der Waals surface area contributed by atoms with Crippen molar-refractivity contribution in [2.45, 2.75) is 149 Å². The zero-order valence-electron chi connectivity index (χ0n) is 44.9. The predicted octanol–water partition coefficient (Wildman–Crippen LogP) is 12.4. The Bertz CT molecular complexity index is 1680. The maximum absolute atomic E-state index is 8.52. The number of hydrogen-bond donors (Lipinski definition) is 7. The number of anilines is 2. The van der Waals surface area contributed by atoms with Crippen LogP contribution in [-0.4, -0.2) is 123 Å². The molecule has 0 fully saturated rings. The monoisotopic (exact) mass is 1080 g/mol. The van der Waals surface area contributed by atoms with Gasteiger partial charge in [0.2, 0.25) is 17.8 Å². The number of pyridine rings is 1. The van der Waals surface area contributed by atoms with Crippen molar-refractivity contribution in [3.63, 3.8) is 0 Å². The van der Waals surface area contributed by atoms with Crippen LogP contribution in [0.5, 0.6) is 23.1 Å². The van der Waals surface area contributed by atoms with Gasteiger partial charge in [0, 0.05) is 49.4 Å². The van der Waals surface area contributed by atoms with Gasteiger partial charge in [-0.1, -0.05) is 127 Å². The zero-order valence-corrected chi connectivity index (χ0v) is 48.2. The van der Waals surface area contributed by atoms with E-state index in [9.17, 15) is 0 Å². The van der Waals surface area contributed by atoms with Gasteiger partial charge < -0.3 is 45.9 Å². The Morgan fingerprint density at radius 2 is 1.18 bits per heavy atom. The van der Waals surface area contributed by atoms with E-state index < -0.39 is 0 Å². The second-order valence-electron chi connectivity index (χ2n) is 16.5. The lowest BCUT2D eigenvalue weighted by molar-refractivity contribution is 0.138. The molecular formula is C54H95ClN8O6S3. The summed E-state index contributed by atoms with van der Waals surface area (Å²) in [5.41, 5.74) is 5.42. The Morgan fingerprint density at radius 1 is 0.625 bits per heavy atom. The summed E-state index contributed by atoms with van der Waals surface area (Å²) in [6, 6.07) is 23.1. The van der Waals surface area contributed by atoms with Crippen LogP contribution in [-0.2, 0) is 0 Å². The Balaban J connectivity index is 0. The van der Waals surface area contributed by atoms with Crippen molar-refractivity contribution in [2.75, 3.05) is 86.1 Å². The van der Waals surface area contributed by atoms with Crippen LogP contribution in [0.2, 0.25) is 0 Å². The first-order chi connectivity index (χ1) is 34.7. The second-order valence-corrected chi connectivity index (χ2v) is 19.7. The number of thioether (sulfide) groups is 3. The molecule has 412 valence electrons. The number of unbranched alkanes of at least 4 members (excludes halogenated alkanes) is 12. The first-order valence-electron chi connectivity index (χ1n) is 25.9. The van der Waals surface area contributed by atoms with Crippen molar-refractivity contribution >= 4 is 59.6 Å². The standard InChI is InChI=1S/C20H19NO3.C12H27NS.C10H22OS.C9H17N5S.C3H9NO2.ClH/c1-16(23-20-9-5-6-14-21-20)15-22-17-10-12-19(13-11-17)24-18-7-3-2-4-8-18;1-2-3-4-5-6-7-8-9-11-14-12-10-13;1-2-3-4-5-6-7-9-12-10-8-11;1-5-10-7-12-8(11-6(2)3)14-9(13-7)15-4;5-2-1-4-3-6;/h2-14,16H,15H2,1H3;2-13H2,1H3;11H,2-10H2,1H3;6H,5H2,1-4H3,(H2,10,11,12,13,14);4-6H,1-3H2;1H. The molecule has 2 aromatic heterocycles. The lowest BCUT2D eigenvalue weighted by Crippen LogP contribution is -2.21. The number of benzene rings is 2. The molecule has 0 aliphatic rings. The molecule has 0 spiro atoms. The fraction of sp³-hybridized carbons (Fsp3) is 0.630. The molecule has 2 aromatic carbocycles. The van der Waals surface area contributed by atoms with Crippen LogP contribution in [0.1, 0.15) is 131 Å². The maximum Gasteiger partial charge on any atom is 0.228 e. The average Bonchev–Trinajstić information content (AvgIpc) is 3.38. The summed E-state index contributed by atoms with van der Waals surface area (Å²) in [5, 5.41) is 34.0. The van der Waals surface area contributed by atoms with Gasteiger partial charge in [0.05, 0.1) is 19.9 Å². The molecule has 1 unspecified atom stereocenters. The van der Waals surface area contributed by atoms with Gasteiger partial charge in [-0.05, 0) is 101 Å². The summed E-state index contributed by atoms with van der Waals surface area (Å²) >= 11 is 5.38. The largest absolute Gasteiger partial charge is 0.490 e. The number of aromatic nitrogens is 4. The molecule has 0 saturated carbocycles. The van der Waals surface area contributed by atoms with Gasteiger partial charge in [-0.15, -0.1) is 12.4 Å². The van der Waals surface area contributed by atoms with E-state index in [1.807, 2.05) is 116 Å². The molecule has 0 amide bonds. The van der Waals surface area contributed by atoms with Crippen LogP contribution < -0.4 is 35.9 Å². The van der Waals surface area contributed by atoms with Gasteiger partial charge in [-0.25, -0.2) is 4.98 Å². The summed E-state index contributed by atoms with van der Waals surface area (Å²) in [7, 11) is 0. The summed E-state index contributed by atoms with van der Waals surface area (Å²) in [5.74, 6) is 8.78. The summed E-state index contributed by atoms with van der Waals surface area (Å²) in [4.78, 5) is 16.9. The van der Waals surface area contributed by atoms with Gasteiger partial charge in [0.1, 0.15) is 30.0 Å². The van der Waals surface area contributed by atoms with Gasteiger partial charge in [-0.3, -0.25) is 5.32 Å². The highest BCUT2D eigenvalue weighted by atomic mass is 35.5. The fourth-order valence-electron chi connectivity index (χ4n) is 5.94. The molecule has 14 nitrogen and oxygen atoms in total. The topological polar surface area (TPSA) is 202 Å².